The van der Waals surface area contributed by atoms with Crippen LogP contribution in [-0.2, 0) is 49.3 Å². The molecule has 0 saturated carbocycles. The molecule has 0 radical (unpaired) electrons. The second-order valence-electron chi connectivity index (χ2n) is 20.0. The van der Waals surface area contributed by atoms with Crippen molar-refractivity contribution in [3.63, 3.8) is 0 Å². The van der Waals surface area contributed by atoms with E-state index in [2.05, 4.69) is 29.2 Å². The molecule has 1 aromatic rings. The van der Waals surface area contributed by atoms with Crippen molar-refractivity contribution in [2.24, 2.45) is 0 Å². The summed E-state index contributed by atoms with van der Waals surface area (Å²) in [7, 11) is 0. The van der Waals surface area contributed by atoms with E-state index in [-0.39, 0.29) is 62.5 Å². The second-order valence-corrected chi connectivity index (χ2v) is 21.2. The molecule has 1 atom stereocenters. The third kappa shape index (κ3) is 26.8. The number of hydrogen-bond donors (Lipinski definition) is 1. The summed E-state index contributed by atoms with van der Waals surface area (Å²) in [6.45, 7) is 25.0. The zero-order valence-electron chi connectivity index (χ0n) is 39.4. The molecule has 15 heteroatoms. The predicted molar refractivity (Wildman–Crippen MR) is 240 cm³/mol. The number of carboxylic acid groups (broad SMARTS) is 1. The van der Waals surface area contributed by atoms with E-state index in [4.69, 9.17) is 24.1 Å². The molecule has 0 amide bonds. The van der Waals surface area contributed by atoms with Gasteiger partial charge in [-0.15, -0.1) is 11.8 Å². The number of carboxylic acids is 1. The van der Waals surface area contributed by atoms with E-state index in [1.807, 2.05) is 97.8 Å². The SMILES string of the molecule is CC(C)(C)OC(=O)CN1CCN(CC(=O)OC(C)(C)C)CCN(CC(=O)OC(C)(C)C)[C@@H](Cc2ccc(SCCCCCCC(=O)O)cc2)CN(CC(=O)OC(C)(C)C)CC1. The first-order valence-corrected chi connectivity index (χ1v) is 22.9. The molecule has 0 bridgehead atoms. The fraction of sp³-hybridized carbons (Fsp3) is 0.761. The molecule has 14 nitrogen and oxygen atoms in total. The lowest BCUT2D eigenvalue weighted by atomic mass is 10.0. The van der Waals surface area contributed by atoms with Crippen LogP contribution in [0.25, 0.3) is 0 Å². The lowest BCUT2D eigenvalue weighted by molar-refractivity contribution is -0.160. The monoisotopic (exact) mass is 879 g/mol. The highest BCUT2D eigenvalue weighted by molar-refractivity contribution is 7.99. The Hall–Kier alpha value is -3.24. The van der Waals surface area contributed by atoms with Gasteiger partial charge in [-0.05, 0) is 126 Å². The van der Waals surface area contributed by atoms with Crippen molar-refractivity contribution in [1.29, 1.82) is 0 Å². The molecule has 0 spiro atoms. The molecular weight excluding hydrogens is 801 g/mol. The molecule has 1 aliphatic heterocycles. The molecule has 1 aromatic carbocycles. The average molecular weight is 879 g/mol. The number of thioether (sulfide) groups is 1. The van der Waals surface area contributed by atoms with Crippen molar-refractivity contribution in [2.45, 2.75) is 155 Å². The summed E-state index contributed by atoms with van der Waals surface area (Å²) in [5.41, 5.74) is -1.67. The van der Waals surface area contributed by atoms with Crippen molar-refractivity contribution in [1.82, 2.24) is 19.6 Å². The Bertz CT molecular complexity index is 1530. The maximum Gasteiger partial charge on any atom is 0.320 e. The molecule has 1 fully saturated rings. The fourth-order valence-corrected chi connectivity index (χ4v) is 7.65. The van der Waals surface area contributed by atoms with Crippen molar-refractivity contribution in [2.75, 3.05) is 77.7 Å². The molecule has 348 valence electrons. The molecule has 0 aromatic heterocycles. The van der Waals surface area contributed by atoms with Crippen molar-refractivity contribution in [3.8, 4) is 0 Å². The molecule has 61 heavy (non-hydrogen) atoms. The Morgan fingerprint density at radius 1 is 0.557 bits per heavy atom. The summed E-state index contributed by atoms with van der Waals surface area (Å²) in [4.78, 5) is 73.6. The van der Waals surface area contributed by atoms with Crippen LogP contribution in [0, 0.1) is 0 Å². The van der Waals surface area contributed by atoms with Gasteiger partial charge in [0.15, 0.2) is 0 Å². The highest BCUT2D eigenvalue weighted by Gasteiger charge is 2.31. The average Bonchev–Trinajstić information content (AvgIpc) is 3.06. The van der Waals surface area contributed by atoms with Gasteiger partial charge in [0.1, 0.15) is 22.4 Å². The lowest BCUT2D eigenvalue weighted by Crippen LogP contribution is -2.54. The Kier molecular flexibility index (Phi) is 22.2. The zero-order valence-corrected chi connectivity index (χ0v) is 40.2. The fourth-order valence-electron chi connectivity index (χ4n) is 6.73. The van der Waals surface area contributed by atoms with Gasteiger partial charge in [0.05, 0.1) is 26.2 Å². The number of nitrogens with zero attached hydrogens (tertiary/aromatic N) is 4. The minimum Gasteiger partial charge on any atom is -0.481 e. The smallest absolute Gasteiger partial charge is 0.320 e. The Morgan fingerprint density at radius 3 is 1.39 bits per heavy atom. The highest BCUT2D eigenvalue weighted by atomic mass is 32.2. The summed E-state index contributed by atoms with van der Waals surface area (Å²) in [6, 6.07) is 8.14. The number of carbonyl (C=O) groups excluding carboxylic acids is 4. The molecule has 0 unspecified atom stereocenters. The van der Waals surface area contributed by atoms with Crippen molar-refractivity contribution < 1.29 is 48.0 Å². The number of aliphatic carboxylic acids is 1. The molecule has 0 aliphatic carbocycles. The van der Waals surface area contributed by atoms with Crippen LogP contribution in [0.15, 0.2) is 29.2 Å². The van der Waals surface area contributed by atoms with Gasteiger partial charge < -0.3 is 24.1 Å². The van der Waals surface area contributed by atoms with Gasteiger partial charge in [0.2, 0.25) is 0 Å². The first kappa shape index (κ1) is 53.9. The largest absolute Gasteiger partial charge is 0.481 e. The van der Waals surface area contributed by atoms with E-state index in [0.717, 1.165) is 35.5 Å². The number of hydrogen-bond acceptors (Lipinski definition) is 14. The van der Waals surface area contributed by atoms with E-state index in [1.165, 1.54) is 0 Å². The van der Waals surface area contributed by atoms with Crippen LogP contribution in [0.1, 0.15) is 121 Å². The van der Waals surface area contributed by atoms with Crippen LogP contribution in [0.4, 0.5) is 0 Å². The third-order valence-electron chi connectivity index (χ3n) is 9.17. The maximum atomic E-state index is 13.6. The summed E-state index contributed by atoms with van der Waals surface area (Å²) >= 11 is 1.77. The molecule has 1 N–H and O–H groups in total. The number of unbranched alkanes of at least 4 members (excludes halogenated alkanes) is 3. The van der Waals surface area contributed by atoms with E-state index >= 15 is 0 Å². The quantitative estimate of drug-likeness (QED) is 0.0757. The lowest BCUT2D eigenvalue weighted by Gasteiger charge is -2.39. The number of benzene rings is 1. The second kappa shape index (κ2) is 25.2. The third-order valence-corrected chi connectivity index (χ3v) is 10.3. The van der Waals surface area contributed by atoms with E-state index in [0.29, 0.717) is 58.7 Å². The van der Waals surface area contributed by atoms with Gasteiger partial charge in [-0.3, -0.25) is 43.6 Å². The van der Waals surface area contributed by atoms with Gasteiger partial charge in [-0.2, -0.15) is 0 Å². The maximum absolute atomic E-state index is 13.6. The normalized spacial score (nSPS) is 17.5. The van der Waals surface area contributed by atoms with E-state index in [1.54, 1.807) is 11.8 Å². The molecule has 1 heterocycles. The highest BCUT2D eigenvalue weighted by Crippen LogP contribution is 2.23. The van der Waals surface area contributed by atoms with Gasteiger partial charge >= 0.3 is 29.8 Å². The standard InChI is InChI=1S/C46H78N4O10S/c1-43(2,3)57-39(53)31-47-22-23-48(32-40(54)58-44(4,5)6)26-27-50(34-42(56)60-46(10,11)12)36(30-49(25-24-47)33-41(55)59-45(7,8)9)29-35-18-20-37(21-19-35)61-28-16-14-13-15-17-38(51)52/h18-21,36H,13-17,22-34H2,1-12H3,(H,51,52)/t36-/m0/s1. The Balaban J connectivity index is 2.53. The van der Waals surface area contributed by atoms with Crippen LogP contribution < -0.4 is 0 Å². The summed E-state index contributed by atoms with van der Waals surface area (Å²) in [5, 5.41) is 8.89. The minimum absolute atomic E-state index is 0.00494. The van der Waals surface area contributed by atoms with Crippen LogP contribution in [0.2, 0.25) is 0 Å². The van der Waals surface area contributed by atoms with Crippen molar-refractivity contribution >= 4 is 41.6 Å². The molecule has 2 rings (SSSR count). The van der Waals surface area contributed by atoms with Crippen molar-refractivity contribution in [3.05, 3.63) is 29.8 Å². The number of ether oxygens (including phenoxy) is 4. The topological polar surface area (TPSA) is 155 Å². The van der Waals surface area contributed by atoms with Crippen LogP contribution >= 0.6 is 11.8 Å². The zero-order chi connectivity index (χ0) is 46.0. The van der Waals surface area contributed by atoms with Crippen LogP contribution in [-0.4, -0.2) is 161 Å². The summed E-state index contributed by atoms with van der Waals surface area (Å²) < 4.78 is 23.1. The first-order chi connectivity index (χ1) is 28.1. The summed E-state index contributed by atoms with van der Waals surface area (Å²) in [5.74, 6) is -1.30. The Labute approximate surface area is 370 Å². The van der Waals surface area contributed by atoms with Crippen LogP contribution in [0.3, 0.4) is 0 Å². The van der Waals surface area contributed by atoms with Gasteiger partial charge in [0, 0.05) is 63.2 Å². The van der Waals surface area contributed by atoms with E-state index < -0.39 is 28.4 Å². The van der Waals surface area contributed by atoms with E-state index in [9.17, 15) is 24.0 Å². The minimum atomic E-state index is -0.753. The Morgan fingerprint density at radius 2 is 0.951 bits per heavy atom. The number of rotatable bonds is 18. The van der Waals surface area contributed by atoms with Gasteiger partial charge in [-0.25, -0.2) is 0 Å². The number of carbonyl (C=O) groups is 5. The van der Waals surface area contributed by atoms with Gasteiger partial charge in [-0.1, -0.05) is 25.0 Å². The van der Waals surface area contributed by atoms with Crippen LogP contribution in [0.5, 0.6) is 0 Å². The molecule has 1 aliphatic rings. The van der Waals surface area contributed by atoms with Gasteiger partial charge in [0.25, 0.3) is 0 Å². The molecular formula is C46H78N4O10S. The first-order valence-electron chi connectivity index (χ1n) is 21.9. The predicted octanol–water partition coefficient (Wildman–Crippen LogP) is 6.31. The molecule has 1 saturated heterocycles. The number of esters is 4. The summed E-state index contributed by atoms with van der Waals surface area (Å²) in [6.07, 6.45) is 4.35.